The largest absolute Gasteiger partial charge is 0.472 e. The Hall–Kier alpha value is -4.80. The van der Waals surface area contributed by atoms with E-state index in [1.165, 1.54) is 19.3 Å². The summed E-state index contributed by atoms with van der Waals surface area (Å²) in [6.07, 6.45) is 88.4. The van der Waals surface area contributed by atoms with E-state index in [4.69, 9.17) is 37.0 Å². The molecule has 17 nitrogen and oxygen atoms in total. The zero-order valence-corrected chi connectivity index (χ0v) is 68.4. The Morgan fingerprint density at radius 1 is 0.274 bits per heavy atom. The zero-order valence-electron chi connectivity index (χ0n) is 66.6. The van der Waals surface area contributed by atoms with Gasteiger partial charge >= 0.3 is 39.5 Å². The van der Waals surface area contributed by atoms with Crippen molar-refractivity contribution in [2.24, 2.45) is 0 Å². The molecule has 0 aliphatic heterocycles. The van der Waals surface area contributed by atoms with Gasteiger partial charge in [0, 0.05) is 25.7 Å². The van der Waals surface area contributed by atoms with Gasteiger partial charge in [0.05, 0.1) is 26.4 Å². The van der Waals surface area contributed by atoms with E-state index in [9.17, 15) is 43.2 Å². The van der Waals surface area contributed by atoms with E-state index in [1.54, 1.807) is 0 Å². The molecule has 0 aromatic heterocycles. The first kappa shape index (κ1) is 101. The lowest BCUT2D eigenvalue weighted by Gasteiger charge is -2.21. The summed E-state index contributed by atoms with van der Waals surface area (Å²) < 4.78 is 68.7. The van der Waals surface area contributed by atoms with Crippen LogP contribution in [0.2, 0.25) is 0 Å². The second kappa shape index (κ2) is 78.3. The summed E-state index contributed by atoms with van der Waals surface area (Å²) in [6, 6.07) is 0. The molecule has 19 heteroatoms. The molecular formula is C87H148O17P2. The lowest BCUT2D eigenvalue weighted by molar-refractivity contribution is -0.161. The van der Waals surface area contributed by atoms with Gasteiger partial charge in [-0.2, -0.15) is 0 Å². The summed E-state index contributed by atoms with van der Waals surface area (Å²) in [6.45, 7) is 4.54. The first-order valence-corrected chi connectivity index (χ1v) is 44.4. The number of unbranched alkanes of at least 4 members (excludes halogenated alkanes) is 29. The number of aliphatic hydroxyl groups is 1. The van der Waals surface area contributed by atoms with Crippen molar-refractivity contribution in [3.63, 3.8) is 0 Å². The maximum atomic E-state index is 13.1. The van der Waals surface area contributed by atoms with E-state index in [0.717, 1.165) is 238 Å². The van der Waals surface area contributed by atoms with Crippen molar-refractivity contribution in [2.75, 3.05) is 39.6 Å². The molecule has 0 fully saturated rings. The Balaban J connectivity index is 5.38. The molecule has 0 aromatic rings. The molecule has 0 aliphatic rings. The number of carbonyl (C=O) groups excluding carboxylic acids is 4. The number of carbonyl (C=O) groups is 4. The van der Waals surface area contributed by atoms with E-state index in [2.05, 4.69) is 161 Å². The highest BCUT2D eigenvalue weighted by Gasteiger charge is 2.30. The number of phosphoric ester groups is 2. The molecule has 608 valence electrons. The molecule has 0 heterocycles. The average molecular weight is 1530 g/mol. The second-order valence-corrected chi connectivity index (χ2v) is 30.2. The fourth-order valence-electron chi connectivity index (χ4n) is 10.8. The van der Waals surface area contributed by atoms with Crippen LogP contribution in [-0.2, 0) is 65.4 Å². The van der Waals surface area contributed by atoms with Gasteiger partial charge in [-0.05, 0) is 154 Å². The third kappa shape index (κ3) is 77.4. The van der Waals surface area contributed by atoms with Gasteiger partial charge < -0.3 is 33.8 Å². The van der Waals surface area contributed by atoms with Gasteiger partial charge in [-0.3, -0.25) is 37.3 Å². The summed E-state index contributed by atoms with van der Waals surface area (Å²) >= 11 is 0. The number of phosphoric acid groups is 2. The van der Waals surface area contributed by atoms with E-state index in [-0.39, 0.29) is 25.7 Å². The van der Waals surface area contributed by atoms with Crippen LogP contribution in [0.3, 0.4) is 0 Å². The fourth-order valence-corrected chi connectivity index (χ4v) is 12.4. The molecule has 0 saturated heterocycles. The summed E-state index contributed by atoms with van der Waals surface area (Å²) in [5.41, 5.74) is 0. The maximum Gasteiger partial charge on any atom is 0.472 e. The lowest BCUT2D eigenvalue weighted by atomic mass is 10.1. The summed E-state index contributed by atoms with van der Waals surface area (Å²) in [4.78, 5) is 73.2. The standard InChI is InChI=1S/C87H148O17P2/c1-5-9-13-17-21-25-29-33-36-39-40-43-45-49-52-56-60-64-68-72-85(90)98-78-83(104-87(92)74-70-66-62-58-54-50-46-42-38-35-31-27-23-19-15-11-7-3)80-102-106(95,96)100-76-81(88)75-99-105(93,94)101-79-82(103-86(91)73-69-65-61-57-53-47-32-28-24-20-16-12-8-4)77-97-84(89)71-67-63-59-55-51-48-44-41-37-34-30-26-22-18-14-10-6-2/h10-11,14-16,20-23,25-28,32-38,40,43,81-83,88H,5-9,12-13,17-19,24,29-31,39,41-42,44-80H2,1-4H3,(H,93,94)(H,95,96)/b14-10-,15-11-,20-16-,25-21-,26-22-,27-23-,32-28-,36-33-,37-34-,38-35-,43-40-. The molecule has 0 amide bonds. The van der Waals surface area contributed by atoms with Crippen molar-refractivity contribution in [1.82, 2.24) is 0 Å². The molecule has 3 N–H and O–H groups in total. The smallest absolute Gasteiger partial charge is 0.462 e. The van der Waals surface area contributed by atoms with Gasteiger partial charge in [-0.15, -0.1) is 0 Å². The molecule has 0 aromatic carbocycles. The highest BCUT2D eigenvalue weighted by atomic mass is 31.2. The molecule has 0 rings (SSSR count). The number of hydrogen-bond acceptors (Lipinski definition) is 15. The van der Waals surface area contributed by atoms with Crippen LogP contribution in [0.25, 0.3) is 0 Å². The summed E-state index contributed by atoms with van der Waals surface area (Å²) in [7, 11) is -9.98. The monoisotopic (exact) mass is 1530 g/mol. The average Bonchev–Trinajstić information content (AvgIpc) is 0.937. The van der Waals surface area contributed by atoms with Crippen molar-refractivity contribution >= 4 is 39.5 Å². The fraction of sp³-hybridized carbons (Fsp3) is 0.701. The summed E-state index contributed by atoms with van der Waals surface area (Å²) in [5.74, 6) is -2.22. The second-order valence-electron chi connectivity index (χ2n) is 27.3. The van der Waals surface area contributed by atoms with Gasteiger partial charge in [-0.1, -0.05) is 290 Å². The maximum absolute atomic E-state index is 13.1. The zero-order chi connectivity index (χ0) is 77.4. The SMILES string of the molecule is CC/C=C\C/C=C\C/C=C\CCCCCCCCCC(=O)OCC(COP(=O)(O)OCC(O)COP(=O)(O)OCC(COC(=O)CCCCCCCC/C=C\C/C=C\C/C=C\CCCCC)OC(=O)CCCCCCCCC/C=C\C/C=C\C/C=C\CC)OC(=O)CCCCCCC/C=C\C/C=C\CCC. The van der Waals surface area contributed by atoms with Crippen LogP contribution in [0.1, 0.15) is 336 Å². The first-order valence-electron chi connectivity index (χ1n) is 41.4. The van der Waals surface area contributed by atoms with Crippen LogP contribution in [0.4, 0.5) is 0 Å². The number of allylic oxidation sites excluding steroid dienone is 22. The molecular weight excluding hydrogens is 1380 g/mol. The molecule has 0 saturated carbocycles. The molecule has 5 atom stereocenters. The molecule has 106 heavy (non-hydrogen) atoms. The molecule has 5 unspecified atom stereocenters. The van der Waals surface area contributed by atoms with E-state index < -0.39 is 97.5 Å². The van der Waals surface area contributed by atoms with Crippen LogP contribution in [-0.4, -0.2) is 96.7 Å². The Morgan fingerprint density at radius 3 is 0.792 bits per heavy atom. The van der Waals surface area contributed by atoms with Gasteiger partial charge in [0.2, 0.25) is 0 Å². The third-order valence-electron chi connectivity index (χ3n) is 17.1. The van der Waals surface area contributed by atoms with Gasteiger partial charge in [-0.25, -0.2) is 9.13 Å². The number of aliphatic hydroxyl groups excluding tert-OH is 1. The molecule has 0 radical (unpaired) electrons. The van der Waals surface area contributed by atoms with Crippen LogP contribution >= 0.6 is 15.6 Å². The Labute approximate surface area is 644 Å². The topological polar surface area (TPSA) is 237 Å². The molecule has 0 bridgehead atoms. The van der Waals surface area contributed by atoms with Gasteiger partial charge in [0.1, 0.15) is 19.3 Å². The first-order chi connectivity index (χ1) is 51.7. The quantitative estimate of drug-likeness (QED) is 0.0169. The highest BCUT2D eigenvalue weighted by molar-refractivity contribution is 7.47. The minimum absolute atomic E-state index is 0.0738. The van der Waals surface area contributed by atoms with Crippen LogP contribution in [0, 0.1) is 0 Å². The number of esters is 4. The Bertz CT molecular complexity index is 2530. The number of hydrogen-bond donors (Lipinski definition) is 3. The Morgan fingerprint density at radius 2 is 0.509 bits per heavy atom. The Kier molecular flexibility index (Phi) is 74.8. The van der Waals surface area contributed by atoms with Crippen molar-refractivity contribution in [1.29, 1.82) is 0 Å². The molecule has 0 spiro atoms. The van der Waals surface area contributed by atoms with E-state index in [0.29, 0.717) is 25.7 Å². The van der Waals surface area contributed by atoms with Crippen LogP contribution in [0.5, 0.6) is 0 Å². The number of ether oxygens (including phenoxy) is 4. The third-order valence-corrected chi connectivity index (χ3v) is 19.0. The minimum atomic E-state index is -4.99. The number of rotatable bonds is 77. The van der Waals surface area contributed by atoms with Crippen LogP contribution in [0.15, 0.2) is 134 Å². The van der Waals surface area contributed by atoms with Crippen LogP contribution < -0.4 is 0 Å². The van der Waals surface area contributed by atoms with Crippen molar-refractivity contribution in [3.8, 4) is 0 Å². The van der Waals surface area contributed by atoms with Crippen molar-refractivity contribution in [2.45, 2.75) is 354 Å². The predicted molar refractivity (Wildman–Crippen MR) is 436 cm³/mol. The van der Waals surface area contributed by atoms with E-state index >= 15 is 0 Å². The normalized spacial score (nSPS) is 14.5. The lowest BCUT2D eigenvalue weighted by Crippen LogP contribution is -2.30. The minimum Gasteiger partial charge on any atom is -0.462 e. The van der Waals surface area contributed by atoms with E-state index in [1.807, 2.05) is 0 Å². The predicted octanol–water partition coefficient (Wildman–Crippen LogP) is 24.4. The molecule has 0 aliphatic carbocycles. The van der Waals surface area contributed by atoms with Crippen molar-refractivity contribution < 1.29 is 80.2 Å². The van der Waals surface area contributed by atoms with Gasteiger partial charge in [0.15, 0.2) is 12.2 Å². The highest BCUT2D eigenvalue weighted by Crippen LogP contribution is 2.45. The van der Waals surface area contributed by atoms with Crippen molar-refractivity contribution in [3.05, 3.63) is 134 Å². The summed E-state index contributed by atoms with van der Waals surface area (Å²) in [5, 5.41) is 10.7. The van der Waals surface area contributed by atoms with Gasteiger partial charge in [0.25, 0.3) is 0 Å².